The number of hydrogen-bond acceptors (Lipinski definition) is 8. The lowest BCUT2D eigenvalue weighted by Gasteiger charge is -2.36. The van der Waals surface area contributed by atoms with Gasteiger partial charge >= 0.3 is 0 Å². The molecule has 0 aliphatic carbocycles. The number of carbonyl (C=O) groups is 1. The van der Waals surface area contributed by atoms with E-state index in [0.29, 0.717) is 32.7 Å². The Balaban J connectivity index is 1.25. The molecule has 1 N–H and O–H groups in total. The van der Waals surface area contributed by atoms with Gasteiger partial charge in [0.2, 0.25) is 0 Å². The summed E-state index contributed by atoms with van der Waals surface area (Å²) >= 11 is 0. The number of rotatable bonds is 6. The van der Waals surface area contributed by atoms with Crippen molar-refractivity contribution in [3.05, 3.63) is 60.3 Å². The largest absolute Gasteiger partial charge is 0.346 e. The maximum Gasteiger partial charge on any atom is 0.275 e. The number of piperazine rings is 1. The highest BCUT2D eigenvalue weighted by Crippen LogP contribution is 2.26. The number of carbonyl (C=O) groups excluding carboxylic acids is 1. The molecule has 4 aromatic rings. The average molecular weight is 484 g/mol. The molecule has 1 aliphatic rings. The normalized spacial score (nSPS) is 14.9. The number of aromatic nitrogens is 6. The highest BCUT2D eigenvalue weighted by atomic mass is 19.1. The van der Waals surface area contributed by atoms with Gasteiger partial charge in [0.15, 0.2) is 11.5 Å². The molecular weight excluding hydrogens is 463 g/mol. The van der Waals surface area contributed by atoms with Crippen molar-refractivity contribution in [3.63, 3.8) is 0 Å². The fourth-order valence-electron chi connectivity index (χ4n) is 4.35. The van der Waals surface area contributed by atoms with Gasteiger partial charge in [0, 0.05) is 62.3 Å². The highest BCUT2D eigenvalue weighted by molar-refractivity contribution is 5.92. The maximum atomic E-state index is 14.2. The Bertz CT molecular complexity index is 1490. The van der Waals surface area contributed by atoms with Crippen LogP contribution in [-0.2, 0) is 0 Å². The molecule has 5 rings (SSSR count). The van der Waals surface area contributed by atoms with Gasteiger partial charge in [-0.1, -0.05) is 0 Å². The van der Waals surface area contributed by atoms with Gasteiger partial charge < -0.3 is 9.88 Å². The number of amides is 1. The molecule has 12 heteroatoms. The maximum absolute atomic E-state index is 14.2. The van der Waals surface area contributed by atoms with Crippen LogP contribution in [0.4, 0.5) is 4.39 Å². The molecule has 0 aromatic carbocycles. The first-order valence-electron chi connectivity index (χ1n) is 11.3. The lowest BCUT2D eigenvalue weighted by atomic mass is 10.1. The number of halogens is 1. The monoisotopic (exact) mass is 484 g/mol. The van der Waals surface area contributed by atoms with Crippen LogP contribution in [0.5, 0.6) is 0 Å². The quantitative estimate of drug-likeness (QED) is 0.438. The lowest BCUT2D eigenvalue weighted by Crippen LogP contribution is -2.50. The standard InChI is InChI=1S/C24H21FN10O/c25-20-9-16(10-27)11-29-22(20)24(36)34-7-5-33(6-8-34)14-18(1-3-26)35-13-17(12-32-35)21-19-2-4-28-23(19)31-15-30-21/h2,4,9,11-13,15,18H,1,5-8,14H2,(H,28,30,31). The average Bonchev–Trinajstić information content (AvgIpc) is 3.58. The Morgan fingerprint density at radius 1 is 1.17 bits per heavy atom. The van der Waals surface area contributed by atoms with Gasteiger partial charge in [-0.05, 0) is 12.1 Å². The predicted octanol–water partition coefficient (Wildman–Crippen LogP) is 2.14. The molecule has 1 amide bonds. The van der Waals surface area contributed by atoms with Crippen LogP contribution < -0.4 is 0 Å². The number of aromatic amines is 1. The van der Waals surface area contributed by atoms with E-state index in [9.17, 15) is 14.4 Å². The fraction of sp³-hybridized carbons (Fsp3) is 0.292. The Hall–Kier alpha value is -4.68. The van der Waals surface area contributed by atoms with Crippen molar-refractivity contribution in [3.8, 4) is 23.4 Å². The summed E-state index contributed by atoms with van der Waals surface area (Å²) in [7, 11) is 0. The minimum absolute atomic E-state index is 0.0661. The molecule has 0 saturated carbocycles. The molecule has 1 unspecified atom stereocenters. The van der Waals surface area contributed by atoms with Crippen LogP contribution in [0.15, 0.2) is 43.2 Å². The Morgan fingerprint density at radius 2 is 2.00 bits per heavy atom. The second-order valence-corrected chi connectivity index (χ2v) is 8.45. The zero-order valence-electron chi connectivity index (χ0n) is 19.2. The van der Waals surface area contributed by atoms with Crippen molar-refractivity contribution in [2.24, 2.45) is 0 Å². The van der Waals surface area contributed by atoms with E-state index >= 15 is 0 Å². The van der Waals surface area contributed by atoms with E-state index in [0.717, 1.165) is 28.4 Å². The van der Waals surface area contributed by atoms with Gasteiger partial charge in [0.25, 0.3) is 5.91 Å². The molecule has 5 heterocycles. The van der Waals surface area contributed by atoms with Crippen LogP contribution >= 0.6 is 0 Å². The summed E-state index contributed by atoms with van der Waals surface area (Å²) in [5.41, 5.74) is 2.12. The molecule has 4 aromatic heterocycles. The minimum atomic E-state index is -0.800. The van der Waals surface area contributed by atoms with Crippen molar-refractivity contribution in [2.75, 3.05) is 32.7 Å². The number of hydrogen-bond donors (Lipinski definition) is 1. The number of nitrogens with zero attached hydrogens (tertiary/aromatic N) is 9. The highest BCUT2D eigenvalue weighted by Gasteiger charge is 2.27. The van der Waals surface area contributed by atoms with Crippen molar-refractivity contribution in [1.29, 1.82) is 10.5 Å². The first-order valence-corrected chi connectivity index (χ1v) is 11.3. The van der Waals surface area contributed by atoms with Crippen LogP contribution in [0.3, 0.4) is 0 Å². The van der Waals surface area contributed by atoms with Crippen molar-refractivity contribution >= 4 is 16.9 Å². The van der Waals surface area contributed by atoms with Gasteiger partial charge in [-0.3, -0.25) is 14.4 Å². The van der Waals surface area contributed by atoms with E-state index in [1.165, 1.54) is 12.5 Å². The Kier molecular flexibility index (Phi) is 6.34. The van der Waals surface area contributed by atoms with Crippen molar-refractivity contribution < 1.29 is 9.18 Å². The third-order valence-corrected chi connectivity index (χ3v) is 6.23. The molecule has 1 atom stereocenters. The first-order chi connectivity index (χ1) is 17.6. The van der Waals surface area contributed by atoms with Crippen molar-refractivity contribution in [2.45, 2.75) is 12.5 Å². The smallest absolute Gasteiger partial charge is 0.275 e. The van der Waals surface area contributed by atoms with Gasteiger partial charge in [-0.2, -0.15) is 15.6 Å². The number of nitrogens with one attached hydrogen (secondary N) is 1. The number of H-pyrrole nitrogens is 1. The second kappa shape index (κ2) is 9.90. The molecule has 1 aliphatic heterocycles. The summed E-state index contributed by atoms with van der Waals surface area (Å²) in [6.45, 7) is 2.50. The topological polar surface area (TPSA) is 143 Å². The number of pyridine rings is 1. The zero-order valence-corrected chi connectivity index (χ0v) is 19.2. The minimum Gasteiger partial charge on any atom is -0.346 e. The third-order valence-electron chi connectivity index (χ3n) is 6.23. The summed E-state index contributed by atoms with van der Waals surface area (Å²) in [5, 5.41) is 23.7. The summed E-state index contributed by atoms with van der Waals surface area (Å²) in [6.07, 6.45) is 8.38. The summed E-state index contributed by atoms with van der Waals surface area (Å²) < 4.78 is 16.0. The molecule has 0 radical (unpaired) electrons. The van der Waals surface area contributed by atoms with Crippen LogP contribution in [0.25, 0.3) is 22.3 Å². The van der Waals surface area contributed by atoms with E-state index in [-0.39, 0.29) is 23.7 Å². The molecule has 11 nitrogen and oxygen atoms in total. The summed E-state index contributed by atoms with van der Waals surface area (Å²) in [6, 6.07) is 6.79. The van der Waals surface area contributed by atoms with E-state index in [1.807, 2.05) is 18.5 Å². The molecule has 1 fully saturated rings. The third kappa shape index (κ3) is 4.50. The molecule has 36 heavy (non-hydrogen) atoms. The van der Waals surface area contributed by atoms with Gasteiger partial charge in [-0.15, -0.1) is 0 Å². The van der Waals surface area contributed by atoms with Gasteiger partial charge in [0.05, 0.1) is 36.0 Å². The molecule has 0 spiro atoms. The number of nitriles is 2. The molecule has 0 bridgehead atoms. The van der Waals surface area contributed by atoms with E-state index < -0.39 is 11.7 Å². The van der Waals surface area contributed by atoms with Crippen molar-refractivity contribution in [1.82, 2.24) is 39.5 Å². The Labute approximate surface area is 205 Å². The SMILES string of the molecule is N#CCC(CN1CCN(C(=O)c2ncc(C#N)cc2F)CC1)n1cc(-c2ncnc3[nH]ccc23)cn1. The number of fused-ring (bicyclic) bond motifs is 1. The van der Waals surface area contributed by atoms with E-state index in [4.69, 9.17) is 5.26 Å². The van der Waals surface area contributed by atoms with Crippen LogP contribution in [-0.4, -0.2) is 78.1 Å². The lowest BCUT2D eigenvalue weighted by molar-refractivity contribution is 0.0607. The van der Waals surface area contributed by atoms with Crippen LogP contribution in [0, 0.1) is 28.5 Å². The van der Waals surface area contributed by atoms with E-state index in [2.05, 4.69) is 36.0 Å². The summed E-state index contributed by atoms with van der Waals surface area (Å²) in [4.78, 5) is 32.0. The zero-order chi connectivity index (χ0) is 25.1. The molecular formula is C24H21FN10O. The second-order valence-electron chi connectivity index (χ2n) is 8.45. The Morgan fingerprint density at radius 3 is 2.75 bits per heavy atom. The van der Waals surface area contributed by atoms with Crippen LogP contribution in [0.2, 0.25) is 0 Å². The van der Waals surface area contributed by atoms with Gasteiger partial charge in [0.1, 0.15) is 18.0 Å². The predicted molar refractivity (Wildman–Crippen MR) is 126 cm³/mol. The molecule has 180 valence electrons. The summed E-state index contributed by atoms with van der Waals surface area (Å²) in [5.74, 6) is -1.30. The molecule has 1 saturated heterocycles. The van der Waals surface area contributed by atoms with E-state index in [1.54, 1.807) is 21.8 Å². The fourth-order valence-corrected chi connectivity index (χ4v) is 4.35. The van der Waals surface area contributed by atoms with Crippen LogP contribution in [0.1, 0.15) is 28.5 Å². The first kappa shape index (κ1) is 23.1. The van der Waals surface area contributed by atoms with Gasteiger partial charge in [-0.25, -0.2) is 19.3 Å².